The summed E-state index contributed by atoms with van der Waals surface area (Å²) in [6, 6.07) is 7.53. The molecule has 1 aliphatic rings. The van der Waals surface area contributed by atoms with Crippen molar-refractivity contribution in [3.63, 3.8) is 0 Å². The first-order valence-corrected chi connectivity index (χ1v) is 11.2. The Kier molecular flexibility index (Phi) is 8.37. The lowest BCUT2D eigenvalue weighted by molar-refractivity contribution is -0.122. The van der Waals surface area contributed by atoms with Crippen molar-refractivity contribution in [1.82, 2.24) is 9.62 Å². The lowest BCUT2D eigenvalue weighted by Gasteiger charge is -2.31. The first-order chi connectivity index (χ1) is 13.0. The van der Waals surface area contributed by atoms with Crippen LogP contribution in [0.25, 0.3) is 0 Å². The summed E-state index contributed by atoms with van der Waals surface area (Å²) in [7, 11) is -3.13. The summed E-state index contributed by atoms with van der Waals surface area (Å²) in [5, 5.41) is 3.00. The highest BCUT2D eigenvalue weighted by Gasteiger charge is 2.27. The fourth-order valence-electron chi connectivity index (χ4n) is 3.02. The second kappa shape index (κ2) is 10.5. The molecular weight excluding hydrogens is 368 g/mol. The van der Waals surface area contributed by atoms with Gasteiger partial charge in [0.15, 0.2) is 11.5 Å². The third-order valence-corrected chi connectivity index (χ3v) is 6.41. The average molecular weight is 399 g/mol. The maximum atomic E-state index is 12.1. The number of benzene rings is 1. The molecule has 0 spiro atoms. The van der Waals surface area contributed by atoms with Crippen molar-refractivity contribution in [1.29, 1.82) is 0 Å². The van der Waals surface area contributed by atoms with Gasteiger partial charge < -0.3 is 14.8 Å². The maximum absolute atomic E-state index is 12.1. The summed E-state index contributed by atoms with van der Waals surface area (Å²) in [4.78, 5) is 12.1. The Morgan fingerprint density at radius 1 is 1.15 bits per heavy atom. The Morgan fingerprint density at radius 2 is 1.78 bits per heavy atom. The molecule has 7 nitrogen and oxygen atoms in total. The summed E-state index contributed by atoms with van der Waals surface area (Å²) < 4.78 is 36.4. The number of hydrogen-bond acceptors (Lipinski definition) is 5. The van der Waals surface area contributed by atoms with Gasteiger partial charge in [0.2, 0.25) is 15.9 Å². The van der Waals surface area contributed by atoms with Crippen LogP contribution in [0.5, 0.6) is 11.5 Å². The Hall–Kier alpha value is -1.80. The topological polar surface area (TPSA) is 84.9 Å². The van der Waals surface area contributed by atoms with Crippen LogP contribution in [0.2, 0.25) is 0 Å². The molecule has 0 aromatic heterocycles. The number of nitrogens with zero attached hydrogens (tertiary/aromatic N) is 1. The van der Waals surface area contributed by atoms with Crippen molar-refractivity contribution in [3.8, 4) is 11.5 Å². The largest absolute Gasteiger partial charge is 0.490 e. The van der Waals surface area contributed by atoms with Gasteiger partial charge in [-0.15, -0.1) is 0 Å². The summed E-state index contributed by atoms with van der Waals surface area (Å²) in [6.45, 7) is 5.52. The molecule has 0 saturated carbocycles. The highest BCUT2D eigenvalue weighted by atomic mass is 32.2. The summed E-state index contributed by atoms with van der Waals surface area (Å²) in [5.41, 5.74) is 0. The van der Waals surface area contributed by atoms with Crippen LogP contribution in [0, 0.1) is 0 Å². The van der Waals surface area contributed by atoms with Crippen LogP contribution in [0.1, 0.15) is 39.5 Å². The molecule has 0 atom stereocenters. The SMILES string of the molecule is CCOc1ccccc1OCCCC(=O)NC1CCN(S(=O)(=O)CC)CC1. The van der Waals surface area contributed by atoms with E-state index in [0.717, 1.165) is 0 Å². The average Bonchev–Trinajstić information content (AvgIpc) is 2.67. The van der Waals surface area contributed by atoms with Gasteiger partial charge >= 0.3 is 0 Å². The van der Waals surface area contributed by atoms with E-state index in [1.807, 2.05) is 31.2 Å². The number of rotatable bonds is 10. The van der Waals surface area contributed by atoms with Crippen LogP contribution in [0.3, 0.4) is 0 Å². The Balaban J connectivity index is 1.66. The highest BCUT2D eigenvalue weighted by molar-refractivity contribution is 7.89. The molecule has 1 heterocycles. The van der Waals surface area contributed by atoms with Crippen LogP contribution >= 0.6 is 0 Å². The number of carbonyl (C=O) groups is 1. The Labute approximate surface area is 162 Å². The second-order valence-corrected chi connectivity index (χ2v) is 8.73. The predicted molar refractivity (Wildman–Crippen MR) is 105 cm³/mol. The van der Waals surface area contributed by atoms with Gasteiger partial charge in [-0.3, -0.25) is 4.79 Å². The molecule has 0 unspecified atom stereocenters. The number of carbonyl (C=O) groups excluding carboxylic acids is 1. The van der Waals surface area contributed by atoms with Crippen molar-refractivity contribution in [2.45, 2.75) is 45.6 Å². The normalized spacial score (nSPS) is 16.1. The molecule has 0 bridgehead atoms. The number of amides is 1. The van der Waals surface area contributed by atoms with E-state index in [0.29, 0.717) is 63.5 Å². The highest BCUT2D eigenvalue weighted by Crippen LogP contribution is 2.26. The van der Waals surface area contributed by atoms with E-state index >= 15 is 0 Å². The van der Waals surface area contributed by atoms with E-state index in [1.54, 1.807) is 6.92 Å². The number of ether oxygens (including phenoxy) is 2. The van der Waals surface area contributed by atoms with E-state index in [2.05, 4.69) is 5.32 Å². The van der Waals surface area contributed by atoms with Gasteiger partial charge in [-0.1, -0.05) is 12.1 Å². The first kappa shape index (κ1) is 21.5. The van der Waals surface area contributed by atoms with Crippen LogP contribution in [-0.4, -0.2) is 56.7 Å². The smallest absolute Gasteiger partial charge is 0.220 e. The zero-order chi connectivity index (χ0) is 19.7. The quantitative estimate of drug-likeness (QED) is 0.611. The van der Waals surface area contributed by atoms with Crippen LogP contribution < -0.4 is 14.8 Å². The van der Waals surface area contributed by atoms with Gasteiger partial charge in [0, 0.05) is 25.6 Å². The number of nitrogens with one attached hydrogen (secondary N) is 1. The van der Waals surface area contributed by atoms with E-state index in [-0.39, 0.29) is 17.7 Å². The number of para-hydroxylation sites is 2. The monoisotopic (exact) mass is 398 g/mol. The fourth-order valence-corrected chi connectivity index (χ4v) is 4.15. The van der Waals surface area contributed by atoms with Gasteiger partial charge in [0.1, 0.15) is 0 Å². The minimum Gasteiger partial charge on any atom is -0.490 e. The minimum absolute atomic E-state index is 0.0199. The number of piperidine rings is 1. The van der Waals surface area contributed by atoms with Gasteiger partial charge in [-0.05, 0) is 45.2 Å². The van der Waals surface area contributed by atoms with E-state index in [1.165, 1.54) is 4.31 Å². The molecule has 1 aliphatic heterocycles. The molecule has 0 radical (unpaired) electrons. The zero-order valence-electron chi connectivity index (χ0n) is 16.1. The van der Waals surface area contributed by atoms with Crippen molar-refractivity contribution in [2.75, 3.05) is 32.1 Å². The van der Waals surface area contributed by atoms with Gasteiger partial charge in [-0.2, -0.15) is 0 Å². The molecular formula is C19H30N2O5S. The Morgan fingerprint density at radius 3 is 2.37 bits per heavy atom. The lowest BCUT2D eigenvalue weighted by Crippen LogP contribution is -2.46. The van der Waals surface area contributed by atoms with E-state index in [9.17, 15) is 13.2 Å². The minimum atomic E-state index is -3.13. The van der Waals surface area contributed by atoms with Crippen molar-refractivity contribution < 1.29 is 22.7 Å². The molecule has 1 amide bonds. The summed E-state index contributed by atoms with van der Waals surface area (Å²) in [6.07, 6.45) is 2.30. The third-order valence-electron chi connectivity index (χ3n) is 4.53. The zero-order valence-corrected chi connectivity index (χ0v) is 17.0. The van der Waals surface area contributed by atoms with Crippen LogP contribution in [0.15, 0.2) is 24.3 Å². The first-order valence-electron chi connectivity index (χ1n) is 9.58. The van der Waals surface area contributed by atoms with Crippen molar-refractivity contribution in [2.24, 2.45) is 0 Å². The molecule has 8 heteroatoms. The standard InChI is InChI=1S/C19H30N2O5S/c1-3-25-17-8-5-6-9-18(17)26-15-7-10-19(22)20-16-11-13-21(14-12-16)27(23,24)4-2/h5-6,8-9,16H,3-4,7,10-15H2,1-2H3,(H,20,22). The molecule has 2 rings (SSSR count). The summed E-state index contributed by atoms with van der Waals surface area (Å²) in [5.74, 6) is 1.49. The van der Waals surface area contributed by atoms with Gasteiger partial charge in [0.25, 0.3) is 0 Å². The third kappa shape index (κ3) is 6.70. The molecule has 0 aliphatic carbocycles. The lowest BCUT2D eigenvalue weighted by atomic mass is 10.1. The van der Waals surface area contributed by atoms with E-state index < -0.39 is 10.0 Å². The maximum Gasteiger partial charge on any atom is 0.220 e. The molecule has 1 saturated heterocycles. The molecule has 1 N–H and O–H groups in total. The number of sulfonamides is 1. The van der Waals surface area contributed by atoms with Crippen molar-refractivity contribution >= 4 is 15.9 Å². The molecule has 152 valence electrons. The molecule has 27 heavy (non-hydrogen) atoms. The second-order valence-electron chi connectivity index (χ2n) is 6.47. The fraction of sp³-hybridized carbons (Fsp3) is 0.632. The van der Waals surface area contributed by atoms with Gasteiger partial charge in [-0.25, -0.2) is 12.7 Å². The summed E-state index contributed by atoms with van der Waals surface area (Å²) >= 11 is 0. The van der Waals surface area contributed by atoms with Crippen LogP contribution in [-0.2, 0) is 14.8 Å². The molecule has 1 fully saturated rings. The Bertz CT molecular complexity index is 700. The number of hydrogen-bond donors (Lipinski definition) is 1. The van der Waals surface area contributed by atoms with Crippen LogP contribution in [0.4, 0.5) is 0 Å². The van der Waals surface area contributed by atoms with Gasteiger partial charge in [0.05, 0.1) is 19.0 Å². The van der Waals surface area contributed by atoms with E-state index in [4.69, 9.17) is 9.47 Å². The predicted octanol–water partition coefficient (Wildman–Crippen LogP) is 2.17. The molecule has 1 aromatic carbocycles. The van der Waals surface area contributed by atoms with Crippen molar-refractivity contribution in [3.05, 3.63) is 24.3 Å². The molecule has 1 aromatic rings.